The summed E-state index contributed by atoms with van der Waals surface area (Å²) in [4.78, 5) is 8.64. The topological polar surface area (TPSA) is 54.5 Å². The lowest BCUT2D eigenvalue weighted by molar-refractivity contribution is 0.753. The van der Waals surface area contributed by atoms with Gasteiger partial charge in [-0.05, 0) is 29.8 Å². The third kappa shape index (κ3) is 2.61. The molecular weight excluding hydrogens is 284 g/mol. The van der Waals surface area contributed by atoms with Crippen molar-refractivity contribution in [2.45, 2.75) is 13.0 Å². The number of para-hydroxylation sites is 1. The van der Waals surface area contributed by atoms with Crippen LogP contribution in [0.4, 0.5) is 0 Å². The van der Waals surface area contributed by atoms with Crippen LogP contribution in [0.25, 0.3) is 11.0 Å². The van der Waals surface area contributed by atoms with Crippen LogP contribution in [0.1, 0.15) is 17.0 Å². The van der Waals surface area contributed by atoms with E-state index in [1.807, 2.05) is 24.3 Å². The molecule has 0 saturated carbocycles. The molecule has 0 spiro atoms. The van der Waals surface area contributed by atoms with Crippen LogP contribution in [0.15, 0.2) is 42.7 Å². The molecule has 2 aromatic heterocycles. The van der Waals surface area contributed by atoms with Gasteiger partial charge >= 0.3 is 0 Å². The number of benzene rings is 1. The quantitative estimate of drug-likeness (QED) is 0.695. The Balaban J connectivity index is 2.15. The van der Waals surface area contributed by atoms with Gasteiger partial charge in [-0.25, -0.2) is 4.98 Å². The average molecular weight is 297 g/mol. The predicted molar refractivity (Wildman–Crippen MR) is 82.2 cm³/mol. The van der Waals surface area contributed by atoms with E-state index in [0.717, 1.165) is 22.4 Å². The number of pyridine rings is 1. The lowest BCUT2D eigenvalue weighted by atomic mass is 10.2. The average Bonchev–Trinajstić information content (AvgIpc) is 2.87. The SMILES string of the molecule is N#Cc1cccc2c1nc(CCCl)n2Cc1ccncc1. The molecule has 0 radical (unpaired) electrons. The first-order chi connectivity index (χ1) is 10.3. The van der Waals surface area contributed by atoms with Gasteiger partial charge in [-0.1, -0.05) is 6.07 Å². The van der Waals surface area contributed by atoms with Crippen molar-refractivity contribution in [3.8, 4) is 6.07 Å². The third-order valence-electron chi connectivity index (χ3n) is 3.39. The molecule has 0 saturated heterocycles. The van der Waals surface area contributed by atoms with Crippen molar-refractivity contribution in [1.82, 2.24) is 14.5 Å². The van der Waals surface area contributed by atoms with Crippen LogP contribution in [0.3, 0.4) is 0 Å². The van der Waals surface area contributed by atoms with E-state index in [1.54, 1.807) is 18.5 Å². The summed E-state index contributed by atoms with van der Waals surface area (Å²) in [7, 11) is 0. The highest BCUT2D eigenvalue weighted by molar-refractivity contribution is 6.17. The van der Waals surface area contributed by atoms with E-state index >= 15 is 0 Å². The predicted octanol–water partition coefficient (Wildman–Crippen LogP) is 3.13. The molecule has 0 unspecified atom stereocenters. The van der Waals surface area contributed by atoms with Crippen molar-refractivity contribution in [3.05, 3.63) is 59.7 Å². The van der Waals surface area contributed by atoms with Crippen LogP contribution in [-0.4, -0.2) is 20.4 Å². The highest BCUT2D eigenvalue weighted by Crippen LogP contribution is 2.21. The molecule has 2 heterocycles. The zero-order valence-corrected chi connectivity index (χ0v) is 12.1. The number of fused-ring (bicyclic) bond motifs is 1. The van der Waals surface area contributed by atoms with Crippen molar-refractivity contribution in [3.63, 3.8) is 0 Å². The van der Waals surface area contributed by atoms with Gasteiger partial charge in [-0.15, -0.1) is 11.6 Å². The van der Waals surface area contributed by atoms with E-state index in [2.05, 4.69) is 20.6 Å². The first-order valence-electron chi connectivity index (χ1n) is 6.66. The lowest BCUT2D eigenvalue weighted by Gasteiger charge is -2.08. The Labute approximate surface area is 127 Å². The summed E-state index contributed by atoms with van der Waals surface area (Å²) < 4.78 is 2.12. The van der Waals surface area contributed by atoms with Crippen molar-refractivity contribution < 1.29 is 0 Å². The second-order valence-corrected chi connectivity index (χ2v) is 5.07. The highest BCUT2D eigenvalue weighted by Gasteiger charge is 2.13. The van der Waals surface area contributed by atoms with Gasteiger partial charge in [0.15, 0.2) is 0 Å². The minimum absolute atomic E-state index is 0.502. The van der Waals surface area contributed by atoms with Crippen LogP contribution in [0.5, 0.6) is 0 Å². The van der Waals surface area contributed by atoms with E-state index in [9.17, 15) is 5.26 Å². The normalized spacial score (nSPS) is 10.7. The summed E-state index contributed by atoms with van der Waals surface area (Å²) in [5.74, 6) is 1.40. The van der Waals surface area contributed by atoms with E-state index in [1.165, 1.54) is 0 Å². The number of imidazole rings is 1. The summed E-state index contributed by atoms with van der Waals surface area (Å²) in [6.45, 7) is 0.695. The van der Waals surface area contributed by atoms with Crippen molar-refractivity contribution in [1.29, 1.82) is 5.26 Å². The number of alkyl halides is 1. The van der Waals surface area contributed by atoms with Gasteiger partial charge in [0.1, 0.15) is 17.4 Å². The fourth-order valence-electron chi connectivity index (χ4n) is 2.41. The molecule has 104 valence electrons. The largest absolute Gasteiger partial charge is 0.323 e. The minimum Gasteiger partial charge on any atom is -0.323 e. The second kappa shape index (κ2) is 5.94. The Morgan fingerprint density at radius 2 is 2.00 bits per heavy atom. The van der Waals surface area contributed by atoms with E-state index in [-0.39, 0.29) is 0 Å². The molecule has 3 rings (SSSR count). The molecule has 3 aromatic rings. The molecule has 0 aliphatic heterocycles. The second-order valence-electron chi connectivity index (χ2n) is 4.69. The first-order valence-corrected chi connectivity index (χ1v) is 7.20. The van der Waals surface area contributed by atoms with Crippen molar-refractivity contribution in [2.75, 3.05) is 5.88 Å². The zero-order valence-electron chi connectivity index (χ0n) is 11.3. The van der Waals surface area contributed by atoms with Crippen molar-refractivity contribution in [2.24, 2.45) is 0 Å². The Kier molecular flexibility index (Phi) is 3.85. The molecule has 0 amide bonds. The Bertz CT molecular complexity index is 802. The number of aromatic nitrogens is 3. The van der Waals surface area contributed by atoms with Crippen LogP contribution < -0.4 is 0 Å². The number of aryl methyl sites for hydroxylation is 1. The molecule has 0 atom stereocenters. The monoisotopic (exact) mass is 296 g/mol. The van der Waals surface area contributed by atoms with Crippen molar-refractivity contribution >= 4 is 22.6 Å². The fourth-order valence-corrected chi connectivity index (χ4v) is 2.58. The molecular formula is C16H13ClN4. The van der Waals surface area contributed by atoms with Gasteiger partial charge in [-0.2, -0.15) is 5.26 Å². The summed E-state index contributed by atoms with van der Waals surface area (Å²) in [6, 6.07) is 11.8. The van der Waals surface area contributed by atoms with Crippen LogP contribution >= 0.6 is 11.6 Å². The number of hydrogen-bond donors (Lipinski definition) is 0. The number of hydrogen-bond acceptors (Lipinski definition) is 3. The lowest BCUT2D eigenvalue weighted by Crippen LogP contribution is -2.06. The molecule has 0 aliphatic rings. The Morgan fingerprint density at radius 3 is 2.71 bits per heavy atom. The number of rotatable bonds is 4. The van der Waals surface area contributed by atoms with Gasteiger partial charge < -0.3 is 4.57 Å². The van der Waals surface area contributed by atoms with Crippen LogP contribution in [0, 0.1) is 11.3 Å². The molecule has 0 bridgehead atoms. The number of halogens is 1. The summed E-state index contributed by atoms with van der Waals surface area (Å²) in [5.41, 5.74) is 3.44. The standard InChI is InChI=1S/C16H13ClN4/c17-7-4-15-20-16-13(10-18)2-1-3-14(16)21(15)11-12-5-8-19-9-6-12/h1-3,5-6,8-9H,4,7,11H2. The maximum Gasteiger partial charge on any atom is 0.111 e. The van der Waals surface area contributed by atoms with E-state index in [4.69, 9.17) is 11.6 Å². The molecule has 5 heteroatoms. The molecule has 0 aliphatic carbocycles. The van der Waals surface area contributed by atoms with Gasteiger partial charge in [-0.3, -0.25) is 4.98 Å². The van der Waals surface area contributed by atoms with E-state index in [0.29, 0.717) is 24.4 Å². The molecule has 21 heavy (non-hydrogen) atoms. The van der Waals surface area contributed by atoms with Gasteiger partial charge in [0.2, 0.25) is 0 Å². The maximum atomic E-state index is 9.22. The van der Waals surface area contributed by atoms with Gasteiger partial charge in [0.25, 0.3) is 0 Å². The van der Waals surface area contributed by atoms with Crippen LogP contribution in [-0.2, 0) is 13.0 Å². The Morgan fingerprint density at radius 1 is 1.19 bits per heavy atom. The third-order valence-corrected chi connectivity index (χ3v) is 3.58. The number of nitrogens with zero attached hydrogens (tertiary/aromatic N) is 4. The number of nitriles is 1. The summed E-state index contributed by atoms with van der Waals surface area (Å²) >= 11 is 5.88. The smallest absolute Gasteiger partial charge is 0.111 e. The maximum absolute atomic E-state index is 9.22. The fraction of sp³-hybridized carbons (Fsp3) is 0.188. The zero-order chi connectivity index (χ0) is 14.7. The molecule has 0 fully saturated rings. The van der Waals surface area contributed by atoms with Crippen LogP contribution in [0.2, 0.25) is 0 Å². The molecule has 0 N–H and O–H groups in total. The highest BCUT2D eigenvalue weighted by atomic mass is 35.5. The summed E-state index contributed by atoms with van der Waals surface area (Å²) in [5, 5.41) is 9.22. The summed E-state index contributed by atoms with van der Waals surface area (Å²) in [6.07, 6.45) is 4.22. The molecule has 1 aromatic carbocycles. The first kappa shape index (κ1) is 13.6. The minimum atomic E-state index is 0.502. The van der Waals surface area contributed by atoms with Gasteiger partial charge in [0, 0.05) is 31.2 Å². The van der Waals surface area contributed by atoms with E-state index < -0.39 is 0 Å². The van der Waals surface area contributed by atoms with Gasteiger partial charge in [0.05, 0.1) is 11.1 Å². The Hall–Kier alpha value is -2.38. The molecule has 4 nitrogen and oxygen atoms in total.